The van der Waals surface area contributed by atoms with Gasteiger partial charge in [0, 0.05) is 29.0 Å². The van der Waals surface area contributed by atoms with E-state index in [1.54, 1.807) is 17.4 Å². The molecule has 0 fully saturated rings. The molecule has 2 N–H and O–H groups in total. The number of hydrogen-bond acceptors (Lipinski definition) is 3. The number of thiophene rings is 1. The van der Waals surface area contributed by atoms with Crippen molar-refractivity contribution >= 4 is 17.0 Å². The van der Waals surface area contributed by atoms with Gasteiger partial charge in [-0.1, -0.05) is 13.0 Å². The van der Waals surface area contributed by atoms with E-state index in [0.29, 0.717) is 6.54 Å². The zero-order valence-corrected chi connectivity index (χ0v) is 12.1. The molecule has 1 unspecified atom stereocenters. The zero-order valence-electron chi connectivity index (χ0n) is 11.3. The summed E-state index contributed by atoms with van der Waals surface area (Å²) in [7, 11) is 1.96. The number of anilines is 1. The molecule has 0 saturated carbocycles. The molecule has 0 spiro atoms. The van der Waals surface area contributed by atoms with E-state index in [-0.39, 0.29) is 11.9 Å². The van der Waals surface area contributed by atoms with E-state index in [4.69, 9.17) is 5.73 Å². The molecular weight excluding hydrogens is 259 g/mol. The van der Waals surface area contributed by atoms with Crippen molar-refractivity contribution in [2.45, 2.75) is 19.4 Å². The van der Waals surface area contributed by atoms with Crippen molar-refractivity contribution in [3.63, 3.8) is 0 Å². The molecule has 1 heterocycles. The van der Waals surface area contributed by atoms with Gasteiger partial charge < -0.3 is 10.6 Å². The largest absolute Gasteiger partial charge is 0.365 e. The van der Waals surface area contributed by atoms with Crippen molar-refractivity contribution in [2.75, 3.05) is 18.5 Å². The van der Waals surface area contributed by atoms with Crippen LogP contribution in [0.5, 0.6) is 0 Å². The van der Waals surface area contributed by atoms with Gasteiger partial charge in [0.25, 0.3) is 0 Å². The minimum Gasteiger partial charge on any atom is -0.365 e. The molecule has 0 bridgehead atoms. The van der Waals surface area contributed by atoms with Gasteiger partial charge in [0.15, 0.2) is 0 Å². The highest BCUT2D eigenvalue weighted by molar-refractivity contribution is 7.12. The van der Waals surface area contributed by atoms with Crippen LogP contribution in [0.2, 0.25) is 0 Å². The van der Waals surface area contributed by atoms with E-state index in [0.717, 1.165) is 12.1 Å². The zero-order chi connectivity index (χ0) is 13.8. The first-order valence-electron chi connectivity index (χ1n) is 6.42. The van der Waals surface area contributed by atoms with E-state index in [1.807, 2.05) is 18.0 Å². The second-order valence-corrected chi connectivity index (χ2v) is 5.70. The fraction of sp³-hybridized carbons (Fsp3) is 0.333. The van der Waals surface area contributed by atoms with Crippen LogP contribution in [0.3, 0.4) is 0 Å². The van der Waals surface area contributed by atoms with Crippen molar-refractivity contribution in [1.82, 2.24) is 0 Å². The van der Waals surface area contributed by atoms with Crippen LogP contribution >= 0.6 is 11.3 Å². The van der Waals surface area contributed by atoms with Crippen LogP contribution in [0.25, 0.3) is 0 Å². The molecule has 0 saturated heterocycles. The van der Waals surface area contributed by atoms with Gasteiger partial charge in [-0.3, -0.25) is 0 Å². The van der Waals surface area contributed by atoms with Gasteiger partial charge in [0.05, 0.1) is 6.04 Å². The molecule has 0 aliphatic carbocycles. The first kappa shape index (κ1) is 14.0. The van der Waals surface area contributed by atoms with E-state index >= 15 is 0 Å². The fourth-order valence-electron chi connectivity index (χ4n) is 2.10. The summed E-state index contributed by atoms with van der Waals surface area (Å²) in [5.74, 6) is -0.222. The maximum Gasteiger partial charge on any atom is 0.125 e. The number of aryl methyl sites for hydroxylation is 1. The maximum absolute atomic E-state index is 13.3. The Hall–Kier alpha value is -1.39. The number of halogens is 1. The molecule has 0 aliphatic rings. The number of benzene rings is 1. The first-order valence-corrected chi connectivity index (χ1v) is 7.24. The number of rotatable bonds is 5. The number of hydrogen-bond donors (Lipinski definition) is 1. The predicted octanol–water partition coefficient (Wildman–Crippen LogP) is 3.59. The minimum absolute atomic E-state index is 0.0899. The normalized spacial score (nSPS) is 12.4. The Morgan fingerprint density at radius 3 is 2.68 bits per heavy atom. The molecule has 0 radical (unpaired) electrons. The highest BCUT2D eigenvalue weighted by Crippen LogP contribution is 2.30. The van der Waals surface area contributed by atoms with E-state index in [2.05, 4.69) is 19.1 Å². The summed E-state index contributed by atoms with van der Waals surface area (Å²) in [6.45, 7) is 2.65. The molecule has 2 nitrogen and oxygen atoms in total. The first-order chi connectivity index (χ1) is 9.15. The summed E-state index contributed by atoms with van der Waals surface area (Å²) < 4.78 is 13.3. The van der Waals surface area contributed by atoms with Crippen molar-refractivity contribution in [1.29, 1.82) is 0 Å². The smallest absolute Gasteiger partial charge is 0.125 e. The quantitative estimate of drug-likeness (QED) is 0.905. The highest BCUT2D eigenvalue weighted by atomic mass is 32.1. The second-order valence-electron chi connectivity index (χ2n) is 4.50. The van der Waals surface area contributed by atoms with Gasteiger partial charge in [-0.15, -0.1) is 11.3 Å². The van der Waals surface area contributed by atoms with E-state index in [9.17, 15) is 4.39 Å². The molecular formula is C15H19FN2S. The van der Waals surface area contributed by atoms with Gasteiger partial charge in [0.2, 0.25) is 0 Å². The van der Waals surface area contributed by atoms with Crippen molar-refractivity contribution in [3.8, 4) is 0 Å². The summed E-state index contributed by atoms with van der Waals surface area (Å²) >= 11 is 1.78. The maximum atomic E-state index is 13.3. The number of nitrogens with two attached hydrogens (primary N) is 1. The summed E-state index contributed by atoms with van der Waals surface area (Å²) in [5, 5.41) is 0. The Bertz CT molecular complexity index is 538. The predicted molar refractivity (Wildman–Crippen MR) is 80.3 cm³/mol. The monoisotopic (exact) mass is 278 g/mol. The summed E-state index contributed by atoms with van der Waals surface area (Å²) in [5.41, 5.74) is 6.75. The fourth-order valence-corrected chi connectivity index (χ4v) is 3.21. The van der Waals surface area contributed by atoms with Crippen LogP contribution in [0.1, 0.15) is 22.7 Å². The Morgan fingerprint density at radius 2 is 2.11 bits per heavy atom. The molecule has 1 aromatic carbocycles. The number of likely N-dealkylation sites (N-methyl/N-ethyl adjacent to an activating group) is 1. The van der Waals surface area contributed by atoms with Crippen LogP contribution in [0, 0.1) is 5.82 Å². The molecule has 1 atom stereocenters. The molecule has 2 rings (SSSR count). The molecule has 19 heavy (non-hydrogen) atoms. The van der Waals surface area contributed by atoms with Gasteiger partial charge in [0.1, 0.15) is 5.82 Å². The van der Waals surface area contributed by atoms with E-state index < -0.39 is 0 Å². The number of nitrogens with zero attached hydrogens (tertiary/aromatic N) is 1. The lowest BCUT2D eigenvalue weighted by Crippen LogP contribution is -2.29. The lowest BCUT2D eigenvalue weighted by Gasteiger charge is -2.28. The third-order valence-corrected chi connectivity index (χ3v) is 4.60. The topological polar surface area (TPSA) is 29.3 Å². The minimum atomic E-state index is -0.222. The summed E-state index contributed by atoms with van der Waals surface area (Å²) in [4.78, 5) is 4.61. The molecule has 0 aliphatic heterocycles. The Kier molecular flexibility index (Phi) is 4.56. The lowest BCUT2D eigenvalue weighted by atomic mass is 10.2. The Balaban J connectivity index is 2.26. The molecule has 0 amide bonds. The standard InChI is InChI=1S/C15H19FN2S/c1-3-13-7-8-15(19-13)14(10-17)18(2)12-6-4-5-11(16)9-12/h4-9,14H,3,10,17H2,1-2H3. The third kappa shape index (κ3) is 3.14. The van der Waals surface area contributed by atoms with Crippen molar-refractivity contribution in [2.24, 2.45) is 5.73 Å². The molecule has 4 heteroatoms. The average Bonchev–Trinajstić information content (AvgIpc) is 2.88. The van der Waals surface area contributed by atoms with E-state index in [1.165, 1.54) is 21.9 Å². The van der Waals surface area contributed by atoms with Crippen LogP contribution in [-0.4, -0.2) is 13.6 Å². The summed E-state index contributed by atoms with van der Waals surface area (Å²) in [6, 6.07) is 11.0. The van der Waals surface area contributed by atoms with Gasteiger partial charge in [-0.05, 0) is 36.8 Å². The van der Waals surface area contributed by atoms with Crippen molar-refractivity contribution < 1.29 is 4.39 Å². The Morgan fingerprint density at radius 1 is 1.32 bits per heavy atom. The summed E-state index contributed by atoms with van der Waals surface area (Å²) in [6.07, 6.45) is 1.03. The van der Waals surface area contributed by atoms with Crippen molar-refractivity contribution in [3.05, 3.63) is 52.0 Å². The van der Waals surface area contributed by atoms with Crippen LogP contribution < -0.4 is 10.6 Å². The average molecular weight is 278 g/mol. The Labute approximate surface area is 117 Å². The molecule has 1 aromatic heterocycles. The van der Waals surface area contributed by atoms with Gasteiger partial charge in [-0.25, -0.2) is 4.39 Å². The van der Waals surface area contributed by atoms with Gasteiger partial charge >= 0.3 is 0 Å². The van der Waals surface area contributed by atoms with Crippen LogP contribution in [-0.2, 0) is 6.42 Å². The van der Waals surface area contributed by atoms with Crippen LogP contribution in [0.15, 0.2) is 36.4 Å². The molecule has 2 aromatic rings. The molecule has 102 valence electrons. The highest BCUT2D eigenvalue weighted by Gasteiger charge is 2.18. The lowest BCUT2D eigenvalue weighted by molar-refractivity contribution is 0.624. The SMILES string of the molecule is CCc1ccc(C(CN)N(C)c2cccc(F)c2)s1. The second kappa shape index (κ2) is 6.17. The van der Waals surface area contributed by atoms with Gasteiger partial charge in [-0.2, -0.15) is 0 Å². The van der Waals surface area contributed by atoms with Crippen LogP contribution in [0.4, 0.5) is 10.1 Å². The third-order valence-electron chi connectivity index (χ3n) is 3.27.